The third-order valence-electron chi connectivity index (χ3n) is 5.93. The van der Waals surface area contributed by atoms with Gasteiger partial charge in [-0.25, -0.2) is 9.78 Å². The third-order valence-corrected chi connectivity index (χ3v) is 6.79. The van der Waals surface area contributed by atoms with Gasteiger partial charge in [-0.15, -0.1) is 0 Å². The molecule has 0 aliphatic carbocycles. The van der Waals surface area contributed by atoms with Crippen LogP contribution in [0, 0.1) is 6.92 Å². The predicted molar refractivity (Wildman–Crippen MR) is 135 cm³/mol. The van der Waals surface area contributed by atoms with Gasteiger partial charge < -0.3 is 14.8 Å². The van der Waals surface area contributed by atoms with E-state index in [1.54, 1.807) is 12.1 Å². The molecule has 1 heterocycles. The Hall–Kier alpha value is -2.96. The van der Waals surface area contributed by atoms with E-state index in [4.69, 9.17) is 4.98 Å². The molecule has 0 fully saturated rings. The maximum atomic E-state index is 11.7. The molecule has 3 aromatic carbocycles. The second kappa shape index (κ2) is 9.89. The van der Waals surface area contributed by atoms with Crippen LogP contribution in [0.5, 0.6) is 0 Å². The van der Waals surface area contributed by atoms with Gasteiger partial charge in [0.2, 0.25) is 0 Å². The number of carbonyl (C=O) groups is 1. The van der Waals surface area contributed by atoms with E-state index in [1.807, 2.05) is 43.3 Å². The number of aliphatic hydroxyl groups excluding tert-OH is 1. The zero-order valence-corrected chi connectivity index (χ0v) is 20.3. The molecule has 0 amide bonds. The number of alkyl halides is 1. The summed E-state index contributed by atoms with van der Waals surface area (Å²) in [5.41, 5.74) is 6.82. The van der Waals surface area contributed by atoms with Crippen LogP contribution in [0.2, 0.25) is 0 Å². The Morgan fingerprint density at radius 1 is 1.06 bits per heavy atom. The van der Waals surface area contributed by atoms with Gasteiger partial charge in [-0.2, -0.15) is 0 Å². The standard InChI is InChI=1S/C27H27BrN2O3/c1-3-6-23(28)26-29-24-12-10-19(16-31)14-25(24)30(26)15-18-9-11-20(17(2)13-18)21-7-4-5-8-22(21)27(32)33/h4-5,7-14,23,31H,3,6,15-16H2,1-2H3,(H,32,33). The minimum absolute atomic E-state index is 0.0139. The first-order chi connectivity index (χ1) is 15.9. The summed E-state index contributed by atoms with van der Waals surface area (Å²) in [6.45, 7) is 4.79. The molecule has 5 nitrogen and oxygen atoms in total. The largest absolute Gasteiger partial charge is 0.478 e. The maximum absolute atomic E-state index is 11.7. The van der Waals surface area contributed by atoms with Crippen LogP contribution < -0.4 is 0 Å². The van der Waals surface area contributed by atoms with Crippen LogP contribution in [0.1, 0.15) is 57.5 Å². The van der Waals surface area contributed by atoms with Crippen molar-refractivity contribution in [3.05, 3.63) is 88.7 Å². The van der Waals surface area contributed by atoms with Gasteiger partial charge >= 0.3 is 5.97 Å². The van der Waals surface area contributed by atoms with Gasteiger partial charge in [0.05, 0.1) is 28.0 Å². The Balaban J connectivity index is 1.76. The lowest BCUT2D eigenvalue weighted by atomic mass is 9.94. The monoisotopic (exact) mass is 506 g/mol. The summed E-state index contributed by atoms with van der Waals surface area (Å²) < 4.78 is 2.21. The zero-order valence-electron chi connectivity index (χ0n) is 18.8. The molecule has 0 radical (unpaired) electrons. The van der Waals surface area contributed by atoms with E-state index in [0.29, 0.717) is 12.1 Å². The van der Waals surface area contributed by atoms with Gasteiger partial charge in [0.15, 0.2) is 0 Å². The van der Waals surface area contributed by atoms with Crippen molar-refractivity contribution >= 4 is 32.9 Å². The van der Waals surface area contributed by atoms with Crippen molar-refractivity contribution in [1.29, 1.82) is 0 Å². The molecule has 0 aliphatic rings. The number of carboxylic acids is 1. The highest BCUT2D eigenvalue weighted by atomic mass is 79.9. The fraction of sp³-hybridized carbons (Fsp3) is 0.259. The number of benzene rings is 3. The van der Waals surface area contributed by atoms with E-state index in [9.17, 15) is 15.0 Å². The molecule has 4 aromatic rings. The van der Waals surface area contributed by atoms with E-state index >= 15 is 0 Å². The molecule has 33 heavy (non-hydrogen) atoms. The van der Waals surface area contributed by atoms with Gasteiger partial charge in [-0.3, -0.25) is 0 Å². The number of rotatable bonds is 8. The van der Waals surface area contributed by atoms with E-state index in [2.05, 4.69) is 39.6 Å². The molecule has 0 spiro atoms. The molecule has 170 valence electrons. The number of carboxylic acid groups (broad SMARTS) is 1. The van der Waals surface area contributed by atoms with Crippen molar-refractivity contribution in [2.75, 3.05) is 0 Å². The predicted octanol–water partition coefficient (Wildman–Crippen LogP) is 6.49. The molecule has 0 aliphatic heterocycles. The number of halogens is 1. The summed E-state index contributed by atoms with van der Waals surface area (Å²) in [5.74, 6) is 0.0440. The van der Waals surface area contributed by atoms with Crippen LogP contribution in [0.3, 0.4) is 0 Å². The van der Waals surface area contributed by atoms with Crippen LogP contribution in [-0.2, 0) is 13.2 Å². The van der Waals surface area contributed by atoms with Crippen LogP contribution in [0.15, 0.2) is 60.7 Å². The lowest BCUT2D eigenvalue weighted by molar-refractivity contribution is 0.0697. The van der Waals surface area contributed by atoms with Crippen LogP contribution in [-0.4, -0.2) is 25.7 Å². The van der Waals surface area contributed by atoms with Crippen molar-refractivity contribution in [3.63, 3.8) is 0 Å². The first-order valence-corrected chi connectivity index (χ1v) is 12.0. The molecule has 1 unspecified atom stereocenters. The number of aryl methyl sites for hydroxylation is 1. The average molecular weight is 507 g/mol. The third kappa shape index (κ3) is 4.72. The van der Waals surface area contributed by atoms with Crippen LogP contribution >= 0.6 is 15.9 Å². The van der Waals surface area contributed by atoms with Crippen molar-refractivity contribution in [2.45, 2.75) is 44.7 Å². The lowest BCUT2D eigenvalue weighted by Gasteiger charge is -2.15. The highest BCUT2D eigenvalue weighted by molar-refractivity contribution is 9.09. The first kappa shape index (κ1) is 23.2. The van der Waals surface area contributed by atoms with Crippen LogP contribution in [0.25, 0.3) is 22.2 Å². The van der Waals surface area contributed by atoms with Crippen molar-refractivity contribution < 1.29 is 15.0 Å². The Kier molecular flexibility index (Phi) is 6.96. The maximum Gasteiger partial charge on any atom is 0.336 e. The second-order valence-corrected chi connectivity index (χ2v) is 9.40. The molecule has 0 saturated carbocycles. The number of imidazole rings is 1. The van der Waals surface area contributed by atoms with Crippen molar-refractivity contribution in [1.82, 2.24) is 9.55 Å². The Morgan fingerprint density at radius 3 is 2.52 bits per heavy atom. The fourth-order valence-electron chi connectivity index (χ4n) is 4.29. The number of fused-ring (bicyclic) bond motifs is 1. The molecular formula is C27H27BrN2O3. The average Bonchev–Trinajstić information content (AvgIpc) is 3.17. The summed E-state index contributed by atoms with van der Waals surface area (Å²) in [6, 6.07) is 19.1. The van der Waals surface area contributed by atoms with E-state index < -0.39 is 5.97 Å². The number of hydrogen-bond donors (Lipinski definition) is 2. The quantitative estimate of drug-likeness (QED) is 0.268. The molecule has 1 atom stereocenters. The number of aliphatic hydroxyl groups is 1. The topological polar surface area (TPSA) is 75.4 Å². The summed E-state index contributed by atoms with van der Waals surface area (Å²) >= 11 is 3.81. The first-order valence-electron chi connectivity index (χ1n) is 11.1. The summed E-state index contributed by atoms with van der Waals surface area (Å²) in [5, 5.41) is 19.2. The highest BCUT2D eigenvalue weighted by Crippen LogP contribution is 2.32. The molecule has 6 heteroatoms. The number of hydrogen-bond acceptors (Lipinski definition) is 3. The molecule has 0 saturated heterocycles. The molecule has 4 rings (SSSR count). The Morgan fingerprint density at radius 2 is 1.82 bits per heavy atom. The Labute approximate surface area is 201 Å². The van der Waals surface area contributed by atoms with E-state index in [-0.39, 0.29) is 11.4 Å². The van der Waals surface area contributed by atoms with E-state index in [1.165, 1.54) is 0 Å². The molecule has 1 aromatic heterocycles. The summed E-state index contributed by atoms with van der Waals surface area (Å²) in [7, 11) is 0. The number of aromatic nitrogens is 2. The summed E-state index contributed by atoms with van der Waals surface area (Å²) in [4.78, 5) is 16.7. The molecular weight excluding hydrogens is 480 g/mol. The Bertz CT molecular complexity index is 1310. The molecule has 0 bridgehead atoms. The number of aromatic carboxylic acids is 1. The number of nitrogens with zero attached hydrogens (tertiary/aromatic N) is 2. The van der Waals surface area contributed by atoms with Gasteiger partial charge in [-0.05, 0) is 59.4 Å². The second-order valence-electron chi connectivity index (χ2n) is 8.29. The molecule has 2 N–H and O–H groups in total. The zero-order chi connectivity index (χ0) is 23.5. The SMILES string of the molecule is CCCC(Br)c1nc2ccc(CO)cc2n1Cc1ccc(-c2ccccc2C(=O)O)c(C)c1. The van der Waals surface area contributed by atoms with Crippen molar-refractivity contribution in [2.24, 2.45) is 0 Å². The minimum Gasteiger partial charge on any atom is -0.478 e. The smallest absolute Gasteiger partial charge is 0.336 e. The fourth-order valence-corrected chi connectivity index (χ4v) is 5.09. The normalized spacial score (nSPS) is 12.2. The van der Waals surface area contributed by atoms with Gasteiger partial charge in [-0.1, -0.05) is 71.7 Å². The lowest BCUT2D eigenvalue weighted by Crippen LogP contribution is -2.08. The van der Waals surface area contributed by atoms with Gasteiger partial charge in [0.1, 0.15) is 5.82 Å². The van der Waals surface area contributed by atoms with Gasteiger partial charge in [0, 0.05) is 6.54 Å². The van der Waals surface area contributed by atoms with Gasteiger partial charge in [0.25, 0.3) is 0 Å². The van der Waals surface area contributed by atoms with Crippen molar-refractivity contribution in [3.8, 4) is 11.1 Å². The highest BCUT2D eigenvalue weighted by Gasteiger charge is 2.19. The minimum atomic E-state index is -0.928. The van der Waals surface area contributed by atoms with Crippen LogP contribution in [0.4, 0.5) is 0 Å². The summed E-state index contributed by atoms with van der Waals surface area (Å²) in [6.07, 6.45) is 2.01. The van der Waals surface area contributed by atoms with E-state index in [0.717, 1.165) is 57.5 Å².